The molecule has 0 atom stereocenters. The fourth-order valence-electron chi connectivity index (χ4n) is 5.31. The summed E-state index contributed by atoms with van der Waals surface area (Å²) in [4.78, 5) is 24.8. The zero-order valence-electron chi connectivity index (χ0n) is 19.1. The van der Waals surface area contributed by atoms with E-state index in [4.69, 9.17) is 0 Å². The highest BCUT2D eigenvalue weighted by Crippen LogP contribution is 2.46. The summed E-state index contributed by atoms with van der Waals surface area (Å²) in [6.45, 7) is 0.508. The Morgan fingerprint density at radius 2 is 1.91 bits per heavy atom. The van der Waals surface area contributed by atoms with E-state index in [2.05, 4.69) is 33.6 Å². The first-order valence-electron chi connectivity index (χ1n) is 11.6. The van der Waals surface area contributed by atoms with Gasteiger partial charge in [-0.15, -0.1) is 0 Å². The van der Waals surface area contributed by atoms with Crippen molar-refractivity contribution < 1.29 is 9.59 Å². The highest BCUT2D eigenvalue weighted by molar-refractivity contribution is 7.95. The van der Waals surface area contributed by atoms with Gasteiger partial charge in [0.25, 0.3) is 5.91 Å². The maximum Gasteiger partial charge on any atom is 0.262 e. The molecule has 0 saturated heterocycles. The first-order chi connectivity index (χ1) is 16.1. The van der Waals surface area contributed by atoms with E-state index in [-0.39, 0.29) is 5.91 Å². The lowest BCUT2D eigenvalue weighted by Gasteiger charge is -2.24. The van der Waals surface area contributed by atoms with Crippen LogP contribution in [0.5, 0.6) is 0 Å². The van der Waals surface area contributed by atoms with Crippen LogP contribution < -0.4 is 4.72 Å². The van der Waals surface area contributed by atoms with Gasteiger partial charge in [0, 0.05) is 39.7 Å². The zero-order chi connectivity index (χ0) is 22.9. The molecular formula is C27H29N3O2S. The van der Waals surface area contributed by atoms with Gasteiger partial charge in [0.05, 0.1) is 12.2 Å². The predicted octanol–water partition coefficient (Wildman–Crippen LogP) is 5.81. The topological polar surface area (TPSA) is 54.3 Å². The molecule has 0 bridgehead atoms. The number of hydrogen-bond donors (Lipinski definition) is 1. The van der Waals surface area contributed by atoms with Crippen LogP contribution in [-0.4, -0.2) is 35.2 Å². The number of fused-ring (bicyclic) bond motifs is 5. The third kappa shape index (κ3) is 4.13. The van der Waals surface area contributed by atoms with Gasteiger partial charge in [-0.2, -0.15) is 0 Å². The van der Waals surface area contributed by atoms with E-state index in [9.17, 15) is 9.59 Å². The van der Waals surface area contributed by atoms with Crippen LogP contribution in [0.1, 0.15) is 59.5 Å². The quantitative estimate of drug-likeness (QED) is 0.387. The van der Waals surface area contributed by atoms with Gasteiger partial charge < -0.3 is 4.57 Å². The second-order valence-corrected chi connectivity index (χ2v) is 10.3. The lowest BCUT2D eigenvalue weighted by Crippen LogP contribution is -2.20. The summed E-state index contributed by atoms with van der Waals surface area (Å²) in [5, 5.41) is 1.20. The molecule has 5 nitrogen and oxygen atoms in total. The first-order valence-corrected chi connectivity index (χ1v) is 12.4. The smallest absolute Gasteiger partial charge is 0.262 e. The maximum absolute atomic E-state index is 12.8. The number of nitrogens with one attached hydrogen (secondary N) is 1. The molecule has 1 aliphatic heterocycles. The van der Waals surface area contributed by atoms with E-state index in [1.165, 1.54) is 66.4 Å². The van der Waals surface area contributed by atoms with Crippen molar-refractivity contribution in [2.45, 2.75) is 44.6 Å². The lowest BCUT2D eigenvalue weighted by atomic mass is 9.81. The lowest BCUT2D eigenvalue weighted by molar-refractivity contribution is -0.105. The fraction of sp³-hybridized carbons (Fsp3) is 0.333. The second-order valence-electron chi connectivity index (χ2n) is 9.17. The molecule has 170 valence electrons. The molecular weight excluding hydrogens is 430 g/mol. The number of carbonyl (C=O) groups is 2. The highest BCUT2D eigenvalue weighted by Gasteiger charge is 2.29. The van der Waals surface area contributed by atoms with Crippen molar-refractivity contribution in [3.63, 3.8) is 0 Å². The number of allylic oxidation sites excluding steroid dienone is 1. The third-order valence-electron chi connectivity index (χ3n) is 6.75. The molecule has 2 aromatic carbocycles. The predicted molar refractivity (Wildman–Crippen MR) is 136 cm³/mol. The summed E-state index contributed by atoms with van der Waals surface area (Å²) in [6, 6.07) is 14.4. The molecule has 1 amide bonds. The average Bonchev–Trinajstić information content (AvgIpc) is 3.05. The Bertz CT molecular complexity index is 1250. The minimum absolute atomic E-state index is 0.120. The molecule has 5 rings (SSSR count). The number of rotatable bonds is 5. The van der Waals surface area contributed by atoms with Crippen molar-refractivity contribution in [2.24, 2.45) is 0 Å². The number of nitrogens with zero attached hydrogens (tertiary/aromatic N) is 2. The molecule has 2 aliphatic rings. The summed E-state index contributed by atoms with van der Waals surface area (Å²) in [7, 11) is 3.78. The van der Waals surface area contributed by atoms with Crippen LogP contribution in [0.3, 0.4) is 0 Å². The molecule has 6 heteroatoms. The molecule has 1 aliphatic carbocycles. The van der Waals surface area contributed by atoms with E-state index in [0.29, 0.717) is 18.0 Å². The van der Waals surface area contributed by atoms with Crippen molar-refractivity contribution in [3.05, 3.63) is 64.7 Å². The summed E-state index contributed by atoms with van der Waals surface area (Å²) < 4.78 is 7.00. The van der Waals surface area contributed by atoms with Crippen molar-refractivity contribution in [3.8, 4) is 11.3 Å². The van der Waals surface area contributed by atoms with Crippen LogP contribution in [0.25, 0.3) is 28.2 Å². The van der Waals surface area contributed by atoms with Crippen LogP contribution in [0.15, 0.2) is 48.0 Å². The van der Waals surface area contributed by atoms with Crippen molar-refractivity contribution >= 4 is 41.3 Å². The molecule has 1 aromatic heterocycles. The largest absolute Gasteiger partial charge is 0.336 e. The normalized spacial score (nSPS) is 16.2. The zero-order valence-corrected chi connectivity index (χ0v) is 20.0. The van der Waals surface area contributed by atoms with Crippen molar-refractivity contribution in [1.82, 2.24) is 13.6 Å². The molecule has 1 saturated carbocycles. The molecule has 0 spiro atoms. The number of hydrogen-bond acceptors (Lipinski definition) is 4. The minimum atomic E-state index is -0.120. The number of aldehydes is 1. The maximum atomic E-state index is 12.8. The SMILES string of the molecule is CN(C)SNC(=O)c1ccc2c(C3CCCCC3)c3n(c2c1)CC(C=O)=Cc1ccccc1-3. The van der Waals surface area contributed by atoms with E-state index < -0.39 is 0 Å². The Balaban J connectivity index is 1.74. The Kier molecular flexibility index (Phi) is 6.13. The van der Waals surface area contributed by atoms with E-state index in [1.807, 2.05) is 42.7 Å². The monoisotopic (exact) mass is 459 g/mol. The van der Waals surface area contributed by atoms with Crippen LogP contribution in [-0.2, 0) is 11.3 Å². The Morgan fingerprint density at radius 3 is 2.67 bits per heavy atom. The summed E-state index contributed by atoms with van der Waals surface area (Å²) in [5.74, 6) is 0.373. The second kappa shape index (κ2) is 9.20. The van der Waals surface area contributed by atoms with Crippen LogP contribution in [0.4, 0.5) is 0 Å². The standard InChI is InChI=1S/C27H29N3O2S/c1-29(2)33-28-27(32)21-12-13-23-24(15-21)30-16-18(17-31)14-20-10-6-7-11-22(20)26(30)25(23)19-8-4-3-5-9-19/h6-7,10-15,17,19H,3-5,8-9,16H2,1-2H3,(H,28,32). The van der Waals surface area contributed by atoms with Gasteiger partial charge in [0.1, 0.15) is 6.29 Å². The number of benzene rings is 2. The number of carbonyl (C=O) groups excluding carboxylic acids is 2. The van der Waals surface area contributed by atoms with E-state index in [0.717, 1.165) is 22.9 Å². The molecule has 1 fully saturated rings. The Labute approximate surface area is 199 Å². The Morgan fingerprint density at radius 1 is 1.12 bits per heavy atom. The van der Waals surface area contributed by atoms with Crippen LogP contribution in [0.2, 0.25) is 0 Å². The van der Waals surface area contributed by atoms with Gasteiger partial charge in [-0.05, 0) is 62.2 Å². The fourth-order valence-corrected chi connectivity index (χ4v) is 5.69. The third-order valence-corrected chi connectivity index (χ3v) is 7.39. The number of aromatic nitrogens is 1. The first kappa shape index (κ1) is 22.0. The van der Waals surface area contributed by atoms with E-state index >= 15 is 0 Å². The molecule has 3 aromatic rings. The van der Waals surface area contributed by atoms with Gasteiger partial charge in [0.2, 0.25) is 0 Å². The molecule has 0 unspecified atom stereocenters. The average molecular weight is 460 g/mol. The van der Waals surface area contributed by atoms with Crippen LogP contribution in [0, 0.1) is 0 Å². The summed E-state index contributed by atoms with van der Waals surface area (Å²) >= 11 is 1.27. The van der Waals surface area contributed by atoms with Gasteiger partial charge in [-0.1, -0.05) is 49.6 Å². The van der Waals surface area contributed by atoms with Crippen molar-refractivity contribution in [2.75, 3.05) is 14.1 Å². The minimum Gasteiger partial charge on any atom is -0.336 e. The Hall–Kier alpha value is -2.83. The molecule has 0 radical (unpaired) electrons. The molecule has 2 heterocycles. The molecule has 33 heavy (non-hydrogen) atoms. The van der Waals surface area contributed by atoms with Gasteiger partial charge in [-0.3, -0.25) is 14.3 Å². The molecule has 1 N–H and O–H groups in total. The van der Waals surface area contributed by atoms with Crippen LogP contribution >= 0.6 is 12.1 Å². The summed E-state index contributed by atoms with van der Waals surface area (Å²) in [6.07, 6.45) is 9.13. The van der Waals surface area contributed by atoms with Crippen molar-refractivity contribution in [1.29, 1.82) is 0 Å². The summed E-state index contributed by atoms with van der Waals surface area (Å²) in [5.41, 5.74) is 7.23. The number of amides is 1. The van der Waals surface area contributed by atoms with E-state index in [1.54, 1.807) is 0 Å². The highest BCUT2D eigenvalue weighted by atomic mass is 32.2. The van der Waals surface area contributed by atoms with Gasteiger partial charge >= 0.3 is 0 Å². The van der Waals surface area contributed by atoms with Gasteiger partial charge in [0.15, 0.2) is 0 Å². The van der Waals surface area contributed by atoms with Gasteiger partial charge in [-0.25, -0.2) is 4.31 Å².